The van der Waals surface area contributed by atoms with Crippen LogP contribution in [0.5, 0.6) is 0 Å². The van der Waals surface area contributed by atoms with E-state index in [0.717, 1.165) is 0 Å². The molecule has 8 heteroatoms. The van der Waals surface area contributed by atoms with Crippen LogP contribution in [0.25, 0.3) is 0 Å². The number of nitro benzene ring substituents is 1. The molecule has 2 bridgehead atoms. The minimum absolute atomic E-state index is 0.0902. The molecule has 1 fully saturated rings. The molecule has 2 aliphatic heterocycles. The Labute approximate surface area is 124 Å². The van der Waals surface area contributed by atoms with Gasteiger partial charge in [-0.05, 0) is 12.1 Å². The molecule has 3 rings (SSSR count). The number of aliphatic carboxylic acids is 1. The first kappa shape index (κ1) is 14.2. The Morgan fingerprint density at radius 2 is 1.73 bits per heavy atom. The number of ether oxygens (including phenoxy) is 1. The number of carbonyl (C=O) groups is 2. The molecule has 1 amide bonds. The number of fused-ring (bicyclic) bond motifs is 2. The Balaban J connectivity index is 1.75. The molecule has 2 aliphatic rings. The van der Waals surface area contributed by atoms with E-state index in [1.165, 1.54) is 24.3 Å². The van der Waals surface area contributed by atoms with Gasteiger partial charge in [0.2, 0.25) is 5.91 Å². The van der Waals surface area contributed by atoms with E-state index < -0.39 is 40.8 Å². The van der Waals surface area contributed by atoms with Crippen molar-refractivity contribution in [1.29, 1.82) is 0 Å². The van der Waals surface area contributed by atoms with Crippen molar-refractivity contribution in [1.82, 2.24) is 0 Å². The Morgan fingerprint density at radius 3 is 2.27 bits per heavy atom. The van der Waals surface area contributed by atoms with Gasteiger partial charge in [-0.1, -0.05) is 12.2 Å². The molecule has 4 atom stereocenters. The van der Waals surface area contributed by atoms with Gasteiger partial charge < -0.3 is 15.2 Å². The number of carboxylic acid groups (broad SMARTS) is 1. The predicted octanol–water partition coefficient (Wildman–Crippen LogP) is 1.19. The molecule has 0 aliphatic carbocycles. The second-order valence-electron chi connectivity index (χ2n) is 5.13. The predicted molar refractivity (Wildman–Crippen MR) is 74.1 cm³/mol. The summed E-state index contributed by atoms with van der Waals surface area (Å²) in [6.07, 6.45) is 2.20. The fourth-order valence-electron chi connectivity index (χ4n) is 2.81. The highest BCUT2D eigenvalue weighted by Gasteiger charge is 2.53. The van der Waals surface area contributed by atoms with Crippen molar-refractivity contribution in [3.8, 4) is 0 Å². The van der Waals surface area contributed by atoms with Gasteiger partial charge in [-0.3, -0.25) is 19.7 Å². The second-order valence-corrected chi connectivity index (χ2v) is 5.13. The number of non-ortho nitro benzene ring substituents is 1. The van der Waals surface area contributed by atoms with E-state index in [-0.39, 0.29) is 5.69 Å². The smallest absolute Gasteiger partial charge is 0.310 e. The third-order valence-electron chi connectivity index (χ3n) is 3.83. The molecule has 1 saturated heterocycles. The maximum absolute atomic E-state index is 12.3. The van der Waals surface area contributed by atoms with Crippen molar-refractivity contribution in [3.63, 3.8) is 0 Å². The van der Waals surface area contributed by atoms with Crippen LogP contribution in [0.15, 0.2) is 36.4 Å². The molecule has 2 heterocycles. The number of hydrogen-bond acceptors (Lipinski definition) is 5. The lowest BCUT2D eigenvalue weighted by atomic mass is 9.82. The van der Waals surface area contributed by atoms with E-state index in [1.807, 2.05) is 0 Å². The van der Waals surface area contributed by atoms with Crippen LogP contribution in [0.4, 0.5) is 11.4 Å². The molecular weight excluding hydrogens is 292 g/mol. The zero-order chi connectivity index (χ0) is 15.9. The minimum atomic E-state index is -1.08. The van der Waals surface area contributed by atoms with E-state index in [9.17, 15) is 24.8 Å². The molecule has 0 saturated carbocycles. The molecule has 8 nitrogen and oxygen atoms in total. The Hall–Kier alpha value is -2.74. The normalized spacial score (nSPS) is 28.5. The first-order valence-electron chi connectivity index (χ1n) is 6.59. The molecule has 114 valence electrons. The summed E-state index contributed by atoms with van der Waals surface area (Å²) in [5.74, 6) is -3.30. The monoisotopic (exact) mass is 304 g/mol. The number of rotatable bonds is 4. The average Bonchev–Trinajstić information content (AvgIpc) is 3.08. The number of nitro groups is 1. The summed E-state index contributed by atoms with van der Waals surface area (Å²) in [4.78, 5) is 33.7. The quantitative estimate of drug-likeness (QED) is 0.490. The van der Waals surface area contributed by atoms with Crippen LogP contribution in [-0.2, 0) is 14.3 Å². The van der Waals surface area contributed by atoms with Crippen molar-refractivity contribution in [2.24, 2.45) is 11.8 Å². The zero-order valence-electron chi connectivity index (χ0n) is 11.2. The summed E-state index contributed by atoms with van der Waals surface area (Å²) in [6.45, 7) is 0. The highest BCUT2D eigenvalue weighted by Crippen LogP contribution is 2.39. The van der Waals surface area contributed by atoms with Crippen LogP contribution < -0.4 is 5.32 Å². The number of hydrogen-bond donors (Lipinski definition) is 2. The Bertz CT molecular complexity index is 668. The van der Waals surface area contributed by atoms with Gasteiger partial charge >= 0.3 is 5.97 Å². The summed E-state index contributed by atoms with van der Waals surface area (Å²) >= 11 is 0. The van der Waals surface area contributed by atoms with Gasteiger partial charge in [-0.2, -0.15) is 0 Å². The molecule has 22 heavy (non-hydrogen) atoms. The van der Waals surface area contributed by atoms with E-state index in [0.29, 0.717) is 5.69 Å². The third-order valence-corrected chi connectivity index (χ3v) is 3.83. The molecule has 1 aromatic carbocycles. The number of carbonyl (C=O) groups excluding carboxylic acids is 1. The van der Waals surface area contributed by atoms with Crippen LogP contribution in [0, 0.1) is 22.0 Å². The fraction of sp³-hybridized carbons (Fsp3) is 0.286. The Morgan fingerprint density at radius 1 is 1.14 bits per heavy atom. The lowest BCUT2D eigenvalue weighted by Gasteiger charge is -2.20. The van der Waals surface area contributed by atoms with Crippen molar-refractivity contribution in [2.45, 2.75) is 12.2 Å². The SMILES string of the molecule is O=C(O)[C@@H]1[C@H](C(=O)Nc2ccc([N+](=O)[O-])cc2)[C@@H]2C=C[C@H]1O2. The van der Waals surface area contributed by atoms with Crippen LogP contribution in [0.2, 0.25) is 0 Å². The van der Waals surface area contributed by atoms with E-state index in [2.05, 4.69) is 5.32 Å². The fourth-order valence-corrected chi connectivity index (χ4v) is 2.81. The van der Waals surface area contributed by atoms with E-state index >= 15 is 0 Å². The summed E-state index contributed by atoms with van der Waals surface area (Å²) in [6, 6.07) is 5.33. The number of nitrogens with zero attached hydrogens (tertiary/aromatic N) is 1. The van der Waals surface area contributed by atoms with Crippen molar-refractivity contribution in [3.05, 3.63) is 46.5 Å². The topological polar surface area (TPSA) is 119 Å². The summed E-state index contributed by atoms with van der Waals surface area (Å²) in [5, 5.41) is 22.4. The van der Waals surface area contributed by atoms with Gasteiger partial charge in [0, 0.05) is 17.8 Å². The number of benzene rings is 1. The summed E-state index contributed by atoms with van der Waals surface area (Å²) in [5.41, 5.74) is 0.277. The average molecular weight is 304 g/mol. The van der Waals surface area contributed by atoms with Gasteiger partial charge in [-0.15, -0.1) is 0 Å². The van der Waals surface area contributed by atoms with Crippen LogP contribution >= 0.6 is 0 Å². The number of nitrogens with one attached hydrogen (secondary N) is 1. The minimum Gasteiger partial charge on any atom is -0.481 e. The zero-order valence-corrected chi connectivity index (χ0v) is 11.2. The van der Waals surface area contributed by atoms with Crippen molar-refractivity contribution >= 4 is 23.3 Å². The van der Waals surface area contributed by atoms with E-state index in [4.69, 9.17) is 4.74 Å². The summed E-state index contributed by atoms with van der Waals surface area (Å²) in [7, 11) is 0. The number of amides is 1. The Kier molecular flexibility index (Phi) is 3.38. The maximum atomic E-state index is 12.3. The van der Waals surface area contributed by atoms with Crippen molar-refractivity contribution in [2.75, 3.05) is 5.32 Å². The third kappa shape index (κ3) is 2.33. The van der Waals surface area contributed by atoms with Gasteiger partial charge in [0.05, 0.1) is 23.0 Å². The molecule has 0 radical (unpaired) electrons. The molecular formula is C14H12N2O6. The van der Waals surface area contributed by atoms with Crippen molar-refractivity contribution < 1.29 is 24.4 Å². The maximum Gasteiger partial charge on any atom is 0.310 e. The standard InChI is InChI=1S/C14H12N2O6/c17-13(15-7-1-3-8(4-2-7)16(20)21)11-9-5-6-10(22-9)12(11)14(18)19/h1-6,9-12H,(H,15,17)(H,18,19)/t9-,10+,11+,12-/m0/s1. The molecule has 1 aromatic rings. The number of anilines is 1. The second kappa shape index (κ2) is 5.23. The molecule has 0 unspecified atom stereocenters. The largest absolute Gasteiger partial charge is 0.481 e. The van der Waals surface area contributed by atoms with Crippen LogP contribution in [0.1, 0.15) is 0 Å². The van der Waals surface area contributed by atoms with Gasteiger partial charge in [0.15, 0.2) is 0 Å². The van der Waals surface area contributed by atoms with Gasteiger partial charge in [0.1, 0.15) is 5.92 Å². The molecule has 2 N–H and O–H groups in total. The lowest BCUT2D eigenvalue weighted by Crippen LogP contribution is -2.39. The first-order valence-corrected chi connectivity index (χ1v) is 6.59. The molecule has 0 spiro atoms. The van der Waals surface area contributed by atoms with Gasteiger partial charge in [-0.25, -0.2) is 0 Å². The highest BCUT2D eigenvalue weighted by atomic mass is 16.6. The van der Waals surface area contributed by atoms with Gasteiger partial charge in [0.25, 0.3) is 5.69 Å². The number of carboxylic acids is 1. The first-order chi connectivity index (χ1) is 10.5. The van der Waals surface area contributed by atoms with Crippen LogP contribution in [-0.4, -0.2) is 34.1 Å². The van der Waals surface area contributed by atoms with E-state index in [1.54, 1.807) is 12.2 Å². The summed E-state index contributed by atoms with van der Waals surface area (Å²) < 4.78 is 5.43. The van der Waals surface area contributed by atoms with Crippen LogP contribution in [0.3, 0.4) is 0 Å². The lowest BCUT2D eigenvalue weighted by molar-refractivity contribution is -0.384. The highest BCUT2D eigenvalue weighted by molar-refractivity contribution is 5.96. The molecule has 0 aromatic heterocycles.